The van der Waals surface area contributed by atoms with Crippen LogP contribution in [0.3, 0.4) is 0 Å². The van der Waals surface area contributed by atoms with Crippen molar-refractivity contribution in [3.8, 4) is 0 Å². The van der Waals surface area contributed by atoms with Gasteiger partial charge in [-0.1, -0.05) is 0 Å². The maximum atomic E-state index is 9.01. The molecule has 60 valence electrons. The first-order chi connectivity index (χ1) is 2.27. The molecule has 0 aliphatic heterocycles. The number of carboxylic acid groups (broad SMARTS) is 1. The Morgan fingerprint density at radius 3 is 1.50 bits per heavy atom. The van der Waals surface area contributed by atoms with Gasteiger partial charge in [-0.05, 0) is 0 Å². The van der Waals surface area contributed by atoms with Crippen LogP contribution in [0, 0.1) is 0 Å². The molecule has 0 aromatic rings. The molecule has 0 saturated heterocycles. The molecule has 0 fully saturated rings. The fourth-order valence-corrected chi connectivity index (χ4v) is 0. The van der Waals surface area contributed by atoms with Crippen LogP contribution in [0.5, 0.6) is 0 Å². The maximum absolute atomic E-state index is 9.01. The minimum Gasteiger partial charge on any atom is -1.00 e. The van der Waals surface area contributed by atoms with Crippen LogP contribution >= 0.6 is 11.9 Å². The van der Waals surface area contributed by atoms with Gasteiger partial charge < -0.3 is 30.1 Å². The molecule has 0 aromatic heterocycles. The fraction of sp³-hybridized carbons (Fsp3) is 0. The smallest absolute Gasteiger partial charge is 1.00 e. The molecule has 0 spiro atoms. The van der Waals surface area contributed by atoms with Crippen LogP contribution in [0.2, 0.25) is 0 Å². The summed E-state index contributed by atoms with van der Waals surface area (Å²) in [4.78, 5) is 9.01. The van der Waals surface area contributed by atoms with Crippen LogP contribution in [0.4, 0.5) is 4.79 Å². The second-order valence-electron chi connectivity index (χ2n) is 0.343. The Bertz CT molecular complexity index is 63.1. The molecular formula is CH10ClMgNaO6. The van der Waals surface area contributed by atoms with E-state index in [0.717, 1.165) is 0 Å². The van der Waals surface area contributed by atoms with Gasteiger partial charge in [-0.2, -0.15) is 0 Å². The van der Waals surface area contributed by atoms with Crippen molar-refractivity contribution in [1.29, 1.82) is 0 Å². The Morgan fingerprint density at radius 1 is 1.40 bits per heavy atom. The zero-order valence-electron chi connectivity index (χ0n) is 8.35. The molecule has 6 nitrogen and oxygen atoms in total. The van der Waals surface area contributed by atoms with E-state index in [1.54, 1.807) is 0 Å². The minimum absolute atomic E-state index is 0. The maximum Gasteiger partial charge on any atom is 2.00 e. The van der Waals surface area contributed by atoms with Gasteiger partial charge >= 0.3 is 58.8 Å². The van der Waals surface area contributed by atoms with Crippen LogP contribution < -0.4 is 29.6 Å². The monoisotopic (exact) mass is 200 g/mol. The van der Waals surface area contributed by atoms with Crippen LogP contribution in [0.1, 0.15) is 4.28 Å². The third-order valence-corrected chi connectivity index (χ3v) is 0.198. The van der Waals surface area contributed by atoms with Crippen LogP contribution in [0.15, 0.2) is 0 Å². The van der Waals surface area contributed by atoms with Gasteiger partial charge in [0.1, 0.15) is 11.9 Å². The minimum atomic E-state index is -1.48. The number of rotatable bonds is 0. The number of halogens is 1. The van der Waals surface area contributed by atoms with Crippen molar-refractivity contribution < 1.29 is 64.5 Å². The average Bonchev–Trinajstić information content (AvgIpc) is 1.38. The van der Waals surface area contributed by atoms with E-state index < -0.39 is 6.16 Å². The molecular weight excluding hydrogens is 191 g/mol. The van der Waals surface area contributed by atoms with E-state index in [9.17, 15) is 0 Å². The van der Waals surface area contributed by atoms with Gasteiger partial charge in [0.15, 0.2) is 0 Å². The van der Waals surface area contributed by atoms with Gasteiger partial charge in [0.05, 0.1) is 0 Å². The first kappa shape index (κ1) is 43.1. The Balaban J connectivity index is -0.00000000286. The fourth-order valence-electron chi connectivity index (χ4n) is 0. The molecule has 0 unspecified atom stereocenters. The zero-order valence-corrected chi connectivity index (χ0v) is 9.52. The Kier molecular flexibility index (Phi) is 137. The van der Waals surface area contributed by atoms with Gasteiger partial charge in [-0.25, -0.2) is 4.79 Å². The molecule has 0 radical (unpaired) electrons. The molecule has 0 saturated carbocycles. The molecule has 0 heterocycles. The summed E-state index contributed by atoms with van der Waals surface area (Å²) in [6.07, 6.45) is -1.48. The third kappa shape index (κ3) is 60.3. The summed E-state index contributed by atoms with van der Waals surface area (Å²) in [6, 6.07) is 0. The third-order valence-electron chi connectivity index (χ3n) is 0.0660. The zero-order chi connectivity index (χ0) is 4.28. The number of carbonyl (C=O) groups is 1. The molecule has 0 amide bonds. The predicted molar refractivity (Wildman–Crippen MR) is 34.9 cm³/mol. The van der Waals surface area contributed by atoms with Gasteiger partial charge in [-0.15, -0.1) is 0 Å². The molecule has 7 N–H and O–H groups in total. The van der Waals surface area contributed by atoms with Crippen molar-refractivity contribution in [1.82, 2.24) is 0 Å². The standard InChI is InChI=1S/CHClO3.Mg.Na.3H2O.3H/c2-5-1(3)4;;;;;;;;/h(H,3,4);;;3*1H2;;;/q;+2;+1;;;;3*-1. The number of hydrogen-bond acceptors (Lipinski definition) is 2. The first-order valence-corrected chi connectivity index (χ1v) is 1.09. The van der Waals surface area contributed by atoms with Crippen molar-refractivity contribution in [2.45, 2.75) is 0 Å². The van der Waals surface area contributed by atoms with E-state index in [2.05, 4.69) is 16.2 Å². The van der Waals surface area contributed by atoms with Gasteiger partial charge in [-0.3, -0.25) is 0 Å². The second-order valence-corrected chi connectivity index (χ2v) is 0.497. The van der Waals surface area contributed by atoms with E-state index in [4.69, 9.17) is 9.90 Å². The van der Waals surface area contributed by atoms with Gasteiger partial charge in [0.25, 0.3) is 0 Å². The largest absolute Gasteiger partial charge is 2.00 e. The van der Waals surface area contributed by atoms with Crippen LogP contribution in [-0.4, -0.2) is 50.7 Å². The van der Waals surface area contributed by atoms with Crippen LogP contribution in [-0.2, 0) is 4.29 Å². The summed E-state index contributed by atoms with van der Waals surface area (Å²) < 4.78 is 3.14. The summed E-state index contributed by atoms with van der Waals surface area (Å²) in [5.74, 6) is 0. The molecule has 9 heteroatoms. The van der Waals surface area contributed by atoms with Crippen molar-refractivity contribution in [2.24, 2.45) is 0 Å². The van der Waals surface area contributed by atoms with E-state index >= 15 is 0 Å². The second kappa shape index (κ2) is 31.9. The topological polar surface area (TPSA) is 141 Å². The Hall–Kier alpha value is 1.21. The molecule has 10 heavy (non-hydrogen) atoms. The van der Waals surface area contributed by atoms with Crippen molar-refractivity contribution in [3.05, 3.63) is 0 Å². The SMILES string of the molecule is O.O.O.O=C(O)OCl.[H-].[H-].[H-].[Mg+2].[Na+]. The van der Waals surface area contributed by atoms with Gasteiger partial charge in [0.2, 0.25) is 0 Å². The predicted octanol–water partition coefficient (Wildman–Crippen LogP) is -4.68. The quantitative estimate of drug-likeness (QED) is 0.393. The van der Waals surface area contributed by atoms with Crippen LogP contribution in [0.25, 0.3) is 0 Å². The van der Waals surface area contributed by atoms with Crippen molar-refractivity contribution >= 4 is 41.1 Å². The molecule has 0 aliphatic rings. The summed E-state index contributed by atoms with van der Waals surface area (Å²) in [7, 11) is 0. The van der Waals surface area contributed by atoms with Crippen molar-refractivity contribution in [3.63, 3.8) is 0 Å². The molecule has 0 bridgehead atoms. The van der Waals surface area contributed by atoms with E-state index in [1.165, 1.54) is 0 Å². The normalized spacial score (nSPS) is 3.30. The average molecular weight is 201 g/mol. The van der Waals surface area contributed by atoms with E-state index in [-0.39, 0.29) is 73.3 Å². The first-order valence-electron chi connectivity index (χ1n) is 0.786. The molecule has 0 atom stereocenters. The van der Waals surface area contributed by atoms with Gasteiger partial charge in [0, 0.05) is 0 Å². The van der Waals surface area contributed by atoms with E-state index in [1.807, 2.05) is 0 Å². The molecule has 0 aliphatic carbocycles. The summed E-state index contributed by atoms with van der Waals surface area (Å²) >= 11 is 4.24. The summed E-state index contributed by atoms with van der Waals surface area (Å²) in [5.41, 5.74) is 0. The molecule has 0 aromatic carbocycles. The molecule has 0 rings (SSSR count). The number of hydrogen-bond donors (Lipinski definition) is 1. The van der Waals surface area contributed by atoms with Crippen molar-refractivity contribution in [2.75, 3.05) is 0 Å². The van der Waals surface area contributed by atoms with E-state index in [0.29, 0.717) is 0 Å². The Labute approximate surface area is 105 Å². The Morgan fingerprint density at radius 2 is 1.50 bits per heavy atom. The summed E-state index contributed by atoms with van der Waals surface area (Å²) in [5, 5.41) is 7.37. The summed E-state index contributed by atoms with van der Waals surface area (Å²) in [6.45, 7) is 0.